The molecule has 0 unspecified atom stereocenters. The zero-order valence-corrected chi connectivity index (χ0v) is 47.6. The van der Waals surface area contributed by atoms with Gasteiger partial charge in [-0.3, -0.25) is 53.3 Å². The summed E-state index contributed by atoms with van der Waals surface area (Å²) in [4.78, 5) is 136. The van der Waals surface area contributed by atoms with E-state index in [1.54, 1.807) is 58.0 Å². The standard InChI is InChI=1S/C52H91N19O11/c1-29(2)26-37(68-45(77)38(27-31-14-6-5-7-15-31)69-47(79)39(28-72)70-44(76)34(18-11-23-61-50(54)55)64-41(73)32-17-10-22-60-32)46(78)71-40(30(3)4)48(80)66-35(19-12-24-62-51(56)57)42(74)65-33(16-8-9-21-53)43(75)67-36(49(81)82)20-13-25-63-52(58)59/h5-7,14-15,29-30,32-40,60,72H,8-13,16-28,53H2,1-4H3,(H,64,73)(H,65,74)(H,66,80)(H,67,75)(H,68,77)(H,69,79)(H,70,76)(H,71,78)(H,81,82)(H4,54,55,61)(H4,56,57,62)(H4,58,59,63)/t32-,33-,34-,35-,36-,37-,38-,39-,40-/m0/s1. The SMILES string of the molecule is CC(C)C[C@H](NC(=O)[C@H](Cc1ccccc1)NC(=O)[C@H](CO)NC(=O)[C@H](CCCN=C(N)N)NC(=O)[C@@H]1CCCN1)C(=O)N[C@H](C(=O)N[C@@H](CCCN=C(N)N)C(=O)N[C@@H](CCCCN)C(=O)N[C@@H](CCCN=C(N)N)C(=O)O)C(C)C. The van der Waals surface area contributed by atoms with E-state index >= 15 is 0 Å². The Balaban J connectivity index is 2.42. The topological polar surface area (TPSA) is 522 Å². The Bertz CT molecular complexity index is 2310. The zero-order chi connectivity index (χ0) is 61.3. The van der Waals surface area contributed by atoms with Crippen LogP contribution in [0.25, 0.3) is 0 Å². The van der Waals surface area contributed by atoms with Crippen molar-refractivity contribution in [3.63, 3.8) is 0 Å². The van der Waals surface area contributed by atoms with Gasteiger partial charge >= 0.3 is 5.97 Å². The van der Waals surface area contributed by atoms with Gasteiger partial charge in [0.25, 0.3) is 0 Å². The van der Waals surface area contributed by atoms with Gasteiger partial charge in [0.2, 0.25) is 47.3 Å². The van der Waals surface area contributed by atoms with Gasteiger partial charge < -0.3 is 98.2 Å². The van der Waals surface area contributed by atoms with Gasteiger partial charge in [-0.15, -0.1) is 0 Å². The summed E-state index contributed by atoms with van der Waals surface area (Å²) in [5, 5.41) is 44.5. The normalized spacial score (nSPS) is 15.8. The number of amides is 8. The van der Waals surface area contributed by atoms with Crippen LogP contribution in [0.3, 0.4) is 0 Å². The molecule has 0 bridgehead atoms. The molecule has 1 aromatic rings. The van der Waals surface area contributed by atoms with E-state index in [0.717, 1.165) is 6.42 Å². The third kappa shape index (κ3) is 27.5. The molecule has 25 N–H and O–H groups in total. The lowest BCUT2D eigenvalue weighted by Gasteiger charge is -2.29. The first-order chi connectivity index (χ1) is 38.9. The Morgan fingerprint density at radius 2 is 0.976 bits per heavy atom. The largest absolute Gasteiger partial charge is 0.480 e. The van der Waals surface area contributed by atoms with Crippen molar-refractivity contribution in [2.24, 2.45) is 66.9 Å². The molecule has 30 nitrogen and oxygen atoms in total. The van der Waals surface area contributed by atoms with Crippen molar-refractivity contribution >= 4 is 71.1 Å². The van der Waals surface area contributed by atoms with E-state index < -0.39 is 120 Å². The summed E-state index contributed by atoms with van der Waals surface area (Å²) in [7, 11) is 0. The number of nitrogens with zero attached hydrogens (tertiary/aromatic N) is 3. The summed E-state index contributed by atoms with van der Waals surface area (Å²) in [5.41, 5.74) is 39.0. The van der Waals surface area contributed by atoms with Gasteiger partial charge in [0.15, 0.2) is 17.9 Å². The molecule has 1 aromatic carbocycles. The quantitative estimate of drug-likeness (QED) is 0.0167. The molecule has 1 saturated heterocycles. The minimum Gasteiger partial charge on any atom is -0.480 e. The van der Waals surface area contributed by atoms with Crippen LogP contribution in [0.5, 0.6) is 0 Å². The average molecular weight is 1160 g/mol. The molecule has 9 atom stereocenters. The number of nitrogens with two attached hydrogens (primary N) is 7. The molecule has 1 aliphatic rings. The van der Waals surface area contributed by atoms with E-state index in [1.165, 1.54) is 0 Å². The maximum Gasteiger partial charge on any atom is 0.326 e. The lowest BCUT2D eigenvalue weighted by Crippen LogP contribution is -2.61. The van der Waals surface area contributed by atoms with Crippen LogP contribution in [0.15, 0.2) is 45.3 Å². The molecular weight excluding hydrogens is 1070 g/mol. The number of carboxylic acids is 1. The summed E-state index contributed by atoms with van der Waals surface area (Å²) in [6.07, 6.45) is 2.70. The van der Waals surface area contributed by atoms with Gasteiger partial charge in [-0.05, 0) is 108 Å². The van der Waals surface area contributed by atoms with E-state index in [1.807, 2.05) is 0 Å². The molecule has 1 heterocycles. The highest BCUT2D eigenvalue weighted by Crippen LogP contribution is 2.13. The fourth-order valence-electron chi connectivity index (χ4n) is 8.62. The second-order valence-corrected chi connectivity index (χ2v) is 20.8. The lowest BCUT2D eigenvalue weighted by atomic mass is 9.98. The van der Waals surface area contributed by atoms with Crippen molar-refractivity contribution in [1.82, 2.24) is 47.9 Å². The average Bonchev–Trinajstić information content (AvgIpc) is 4.02. The van der Waals surface area contributed by atoms with Gasteiger partial charge in [0.1, 0.15) is 48.3 Å². The molecule has 0 aliphatic carbocycles. The maximum atomic E-state index is 14.4. The van der Waals surface area contributed by atoms with Crippen LogP contribution in [0.1, 0.15) is 110 Å². The minimum atomic E-state index is -1.61. The lowest BCUT2D eigenvalue weighted by molar-refractivity contribution is -0.142. The van der Waals surface area contributed by atoms with Gasteiger partial charge in [0.05, 0.1) is 12.6 Å². The molecular formula is C52H91N19O11. The first-order valence-electron chi connectivity index (χ1n) is 27.8. The third-order valence-electron chi connectivity index (χ3n) is 13.0. The van der Waals surface area contributed by atoms with E-state index in [4.69, 9.17) is 40.1 Å². The Kier molecular flexibility index (Phi) is 32.5. The van der Waals surface area contributed by atoms with Crippen LogP contribution < -0.4 is 88.0 Å². The number of hydrogen-bond donors (Lipinski definition) is 18. The maximum absolute atomic E-state index is 14.4. The fourth-order valence-corrected chi connectivity index (χ4v) is 8.62. The van der Waals surface area contributed by atoms with Crippen LogP contribution in [0, 0.1) is 11.8 Å². The summed E-state index contributed by atoms with van der Waals surface area (Å²) in [6.45, 7) is 7.13. The molecule has 1 aliphatic heterocycles. The van der Waals surface area contributed by atoms with Crippen LogP contribution >= 0.6 is 0 Å². The first kappa shape index (κ1) is 70.2. The number of carboxylic acid groups (broad SMARTS) is 1. The molecule has 460 valence electrons. The fraction of sp³-hybridized carbons (Fsp3) is 0.654. The number of hydrogen-bond acceptors (Lipinski definition) is 15. The first-order valence-corrected chi connectivity index (χ1v) is 27.8. The highest BCUT2D eigenvalue weighted by Gasteiger charge is 2.36. The summed E-state index contributed by atoms with van der Waals surface area (Å²) >= 11 is 0. The van der Waals surface area contributed by atoms with Crippen LogP contribution in [-0.4, -0.2) is 175 Å². The molecule has 0 aromatic heterocycles. The van der Waals surface area contributed by atoms with Gasteiger partial charge in [-0.1, -0.05) is 58.0 Å². The molecule has 1 fully saturated rings. The Labute approximate surface area is 478 Å². The van der Waals surface area contributed by atoms with Crippen LogP contribution in [0.4, 0.5) is 0 Å². The Morgan fingerprint density at radius 1 is 0.549 bits per heavy atom. The molecule has 82 heavy (non-hydrogen) atoms. The van der Waals surface area contributed by atoms with E-state index in [2.05, 4.69) is 62.8 Å². The van der Waals surface area contributed by atoms with Crippen molar-refractivity contribution in [2.75, 3.05) is 39.3 Å². The number of guanidine groups is 3. The smallest absolute Gasteiger partial charge is 0.326 e. The molecule has 0 saturated carbocycles. The minimum absolute atomic E-state index is 0.0414. The number of carbonyl (C=O) groups is 9. The summed E-state index contributed by atoms with van der Waals surface area (Å²) < 4.78 is 0. The number of aliphatic hydroxyl groups excluding tert-OH is 1. The van der Waals surface area contributed by atoms with Gasteiger partial charge in [0, 0.05) is 26.1 Å². The van der Waals surface area contributed by atoms with Gasteiger partial charge in [-0.2, -0.15) is 0 Å². The molecule has 0 radical (unpaired) electrons. The van der Waals surface area contributed by atoms with E-state index in [-0.39, 0.29) is 108 Å². The predicted octanol–water partition coefficient (Wildman–Crippen LogP) is -5.07. The van der Waals surface area contributed by atoms with Gasteiger partial charge in [-0.25, -0.2) is 4.79 Å². The number of rotatable bonds is 39. The highest BCUT2D eigenvalue weighted by molar-refractivity contribution is 5.98. The number of aliphatic imine (C=N–C) groups is 3. The number of aliphatic carboxylic acids is 1. The molecule has 2 rings (SSSR count). The van der Waals surface area contributed by atoms with Crippen LogP contribution in [-0.2, 0) is 49.6 Å². The van der Waals surface area contributed by atoms with Crippen molar-refractivity contribution < 1.29 is 53.4 Å². The number of nitrogens with one attached hydrogen (secondary N) is 9. The highest BCUT2D eigenvalue weighted by atomic mass is 16.4. The Morgan fingerprint density at radius 3 is 1.44 bits per heavy atom. The van der Waals surface area contributed by atoms with E-state index in [9.17, 15) is 53.4 Å². The second-order valence-electron chi connectivity index (χ2n) is 20.8. The third-order valence-corrected chi connectivity index (χ3v) is 13.0. The number of aliphatic hydroxyl groups is 1. The Hall–Kier alpha value is -7.86. The number of benzene rings is 1. The molecule has 0 spiro atoms. The van der Waals surface area contributed by atoms with Crippen molar-refractivity contribution in [3.05, 3.63) is 35.9 Å². The summed E-state index contributed by atoms with van der Waals surface area (Å²) in [6, 6.07) is -2.75. The molecule has 30 heteroatoms. The van der Waals surface area contributed by atoms with Crippen molar-refractivity contribution in [2.45, 2.75) is 166 Å². The zero-order valence-electron chi connectivity index (χ0n) is 47.6. The number of unbranched alkanes of at least 4 members (excludes halogenated alkanes) is 1. The monoisotopic (exact) mass is 1160 g/mol. The van der Waals surface area contributed by atoms with E-state index in [0.29, 0.717) is 31.4 Å². The number of carbonyl (C=O) groups excluding carboxylic acids is 8. The van der Waals surface area contributed by atoms with Crippen LogP contribution in [0.2, 0.25) is 0 Å². The summed E-state index contributed by atoms with van der Waals surface area (Å²) in [5.74, 6) is -9.00. The van der Waals surface area contributed by atoms with Crippen molar-refractivity contribution in [1.29, 1.82) is 0 Å². The second kappa shape index (κ2) is 38.0. The molecule has 8 amide bonds. The van der Waals surface area contributed by atoms with Crippen molar-refractivity contribution in [3.8, 4) is 0 Å². The predicted molar refractivity (Wildman–Crippen MR) is 308 cm³/mol.